The highest BCUT2D eigenvalue weighted by Crippen LogP contribution is 2.39. The largest absolute Gasteiger partial charge is 0.119 e. The van der Waals surface area contributed by atoms with Gasteiger partial charge in [-0.3, -0.25) is 0 Å². The van der Waals surface area contributed by atoms with Crippen molar-refractivity contribution in [3.63, 3.8) is 0 Å². The number of benzene rings is 1. The van der Waals surface area contributed by atoms with Gasteiger partial charge in [-0.05, 0) is 31.5 Å². The fourth-order valence-electron chi connectivity index (χ4n) is 1.21. The van der Waals surface area contributed by atoms with Crippen LogP contribution in [0.5, 0.6) is 0 Å². The summed E-state index contributed by atoms with van der Waals surface area (Å²) in [5.41, 5.74) is 1.14. The van der Waals surface area contributed by atoms with Gasteiger partial charge in [0.25, 0.3) is 0 Å². The third-order valence-corrected chi connectivity index (χ3v) is 3.78. The van der Waals surface area contributed by atoms with Crippen LogP contribution in [0.25, 0.3) is 0 Å². The Morgan fingerprint density at radius 1 is 0.929 bits per heavy atom. The Balaban J connectivity index is 3.10. The molecule has 1 rings (SSSR count). The summed E-state index contributed by atoms with van der Waals surface area (Å²) in [5, 5.41) is 0.761. The van der Waals surface area contributed by atoms with Crippen molar-refractivity contribution in [2.45, 2.75) is 38.0 Å². The van der Waals surface area contributed by atoms with E-state index in [1.807, 2.05) is 38.1 Å². The maximum absolute atomic E-state index is 6.37. The van der Waals surface area contributed by atoms with Crippen molar-refractivity contribution < 1.29 is 0 Å². The van der Waals surface area contributed by atoms with Gasteiger partial charge >= 0.3 is 0 Å². The van der Waals surface area contributed by atoms with Gasteiger partial charge in [0, 0.05) is 15.3 Å². The topological polar surface area (TPSA) is 0 Å². The predicted octanol–water partition coefficient (Wildman–Crippen LogP) is 4.64. The molecule has 1 aromatic rings. The van der Waals surface area contributed by atoms with Crippen molar-refractivity contribution in [3.05, 3.63) is 34.9 Å². The van der Waals surface area contributed by atoms with E-state index in [2.05, 4.69) is 13.8 Å². The predicted molar refractivity (Wildman–Crippen MR) is 64.4 cm³/mol. The molecule has 0 saturated carbocycles. The molecule has 0 aliphatic rings. The van der Waals surface area contributed by atoms with E-state index in [4.69, 9.17) is 23.2 Å². The maximum atomic E-state index is 6.37. The first kappa shape index (κ1) is 11.9. The minimum atomic E-state index is -0.277. The molecule has 0 bridgehead atoms. The van der Waals surface area contributed by atoms with E-state index >= 15 is 0 Å². The van der Waals surface area contributed by atoms with Gasteiger partial charge in [-0.25, -0.2) is 0 Å². The molecule has 14 heavy (non-hydrogen) atoms. The van der Waals surface area contributed by atoms with Crippen LogP contribution in [0.4, 0.5) is 0 Å². The second-order valence-electron chi connectivity index (χ2n) is 4.60. The summed E-state index contributed by atoms with van der Waals surface area (Å²) in [6.07, 6.45) is 0. The molecule has 0 radical (unpaired) electrons. The molecule has 0 unspecified atom stereocenters. The normalized spacial score (nSPS) is 13.0. The highest BCUT2D eigenvalue weighted by Gasteiger charge is 2.36. The lowest BCUT2D eigenvalue weighted by Gasteiger charge is -2.37. The Morgan fingerprint density at radius 2 is 1.36 bits per heavy atom. The third kappa shape index (κ3) is 2.24. The van der Waals surface area contributed by atoms with Crippen molar-refractivity contribution >= 4 is 23.2 Å². The van der Waals surface area contributed by atoms with Gasteiger partial charge in [-0.1, -0.05) is 37.6 Å². The van der Waals surface area contributed by atoms with Crippen molar-refractivity contribution in [3.8, 4) is 0 Å². The van der Waals surface area contributed by atoms with Crippen LogP contribution in [0.1, 0.15) is 33.3 Å². The molecule has 0 nitrogen and oxygen atoms in total. The molecular formula is C12H16Cl2. The highest BCUT2D eigenvalue weighted by atomic mass is 35.5. The van der Waals surface area contributed by atoms with Crippen LogP contribution in [0.2, 0.25) is 5.02 Å². The van der Waals surface area contributed by atoms with Crippen molar-refractivity contribution in [2.75, 3.05) is 0 Å². The van der Waals surface area contributed by atoms with E-state index in [0.717, 1.165) is 5.02 Å². The maximum Gasteiger partial charge on any atom is 0.0481 e. The number of hydrogen-bond donors (Lipinski definition) is 0. The summed E-state index contributed by atoms with van der Waals surface area (Å²) in [7, 11) is 0. The van der Waals surface area contributed by atoms with Crippen LogP contribution in [0, 0.1) is 0 Å². The summed E-state index contributed by atoms with van der Waals surface area (Å²) in [6, 6.07) is 7.88. The summed E-state index contributed by atoms with van der Waals surface area (Å²) < 4.78 is 0. The lowest BCUT2D eigenvalue weighted by molar-refractivity contribution is 0.404. The first-order valence-corrected chi connectivity index (χ1v) is 5.46. The Hall–Kier alpha value is -0.200. The molecule has 0 saturated heterocycles. The van der Waals surface area contributed by atoms with Crippen LogP contribution < -0.4 is 0 Å². The molecule has 2 heteroatoms. The molecule has 0 aliphatic heterocycles. The Labute approximate surface area is 96.2 Å². The molecule has 0 spiro atoms. The Bertz CT molecular complexity index is 304. The van der Waals surface area contributed by atoms with Crippen molar-refractivity contribution in [2.24, 2.45) is 0 Å². The molecule has 0 amide bonds. The minimum Gasteiger partial charge on any atom is -0.119 e. The van der Waals surface area contributed by atoms with E-state index in [9.17, 15) is 0 Å². The molecule has 0 heterocycles. The lowest BCUT2D eigenvalue weighted by atomic mass is 9.74. The fourth-order valence-corrected chi connectivity index (χ4v) is 1.44. The summed E-state index contributed by atoms with van der Waals surface area (Å²) >= 11 is 12.2. The van der Waals surface area contributed by atoms with E-state index in [-0.39, 0.29) is 10.3 Å². The number of halogens is 2. The standard InChI is InChI=1S/C12H16Cl2/c1-11(2,12(3,4)14)9-5-7-10(13)8-6-9/h5-8H,1-4H3. The third-order valence-electron chi connectivity index (χ3n) is 3.05. The highest BCUT2D eigenvalue weighted by molar-refractivity contribution is 6.30. The van der Waals surface area contributed by atoms with Gasteiger partial charge < -0.3 is 0 Å². The Kier molecular flexibility index (Phi) is 3.18. The first-order valence-electron chi connectivity index (χ1n) is 4.70. The van der Waals surface area contributed by atoms with Gasteiger partial charge in [0.1, 0.15) is 0 Å². The SMILES string of the molecule is CC(C)(Cl)C(C)(C)c1ccc(Cl)cc1. The summed E-state index contributed by atoms with van der Waals surface area (Å²) in [5.74, 6) is 0. The van der Waals surface area contributed by atoms with Crippen molar-refractivity contribution in [1.82, 2.24) is 0 Å². The van der Waals surface area contributed by atoms with Crippen LogP contribution >= 0.6 is 23.2 Å². The zero-order valence-corrected chi connectivity index (χ0v) is 10.6. The Morgan fingerprint density at radius 3 is 1.71 bits per heavy atom. The number of rotatable bonds is 2. The van der Waals surface area contributed by atoms with Crippen LogP contribution in [0.3, 0.4) is 0 Å². The summed E-state index contributed by atoms with van der Waals surface area (Å²) in [4.78, 5) is -0.277. The lowest BCUT2D eigenvalue weighted by Crippen LogP contribution is -2.37. The first-order chi connectivity index (χ1) is 6.25. The monoisotopic (exact) mass is 230 g/mol. The smallest absolute Gasteiger partial charge is 0.0481 e. The molecule has 0 aromatic heterocycles. The second-order valence-corrected chi connectivity index (χ2v) is 5.99. The number of hydrogen-bond acceptors (Lipinski definition) is 0. The van der Waals surface area contributed by atoms with E-state index in [1.54, 1.807) is 0 Å². The van der Waals surface area contributed by atoms with Crippen LogP contribution in [-0.4, -0.2) is 4.87 Å². The molecule has 0 atom stereocenters. The molecular weight excluding hydrogens is 215 g/mol. The van der Waals surface area contributed by atoms with E-state index < -0.39 is 0 Å². The molecule has 0 N–H and O–H groups in total. The van der Waals surface area contributed by atoms with E-state index in [1.165, 1.54) is 5.56 Å². The van der Waals surface area contributed by atoms with Gasteiger partial charge in [0.2, 0.25) is 0 Å². The minimum absolute atomic E-state index is 0.0703. The van der Waals surface area contributed by atoms with Gasteiger partial charge in [0.15, 0.2) is 0 Å². The average molecular weight is 231 g/mol. The van der Waals surface area contributed by atoms with Crippen molar-refractivity contribution in [1.29, 1.82) is 0 Å². The molecule has 0 fully saturated rings. The summed E-state index contributed by atoms with van der Waals surface area (Å²) in [6.45, 7) is 8.35. The number of alkyl halides is 1. The zero-order chi connectivity index (χ0) is 11.0. The quantitative estimate of drug-likeness (QED) is 0.650. The van der Waals surface area contributed by atoms with E-state index in [0.29, 0.717) is 0 Å². The zero-order valence-electron chi connectivity index (χ0n) is 9.07. The fraction of sp³-hybridized carbons (Fsp3) is 0.500. The second kappa shape index (κ2) is 3.75. The molecule has 0 aliphatic carbocycles. The van der Waals surface area contributed by atoms with Gasteiger partial charge in [-0.2, -0.15) is 0 Å². The van der Waals surface area contributed by atoms with Gasteiger partial charge in [0.05, 0.1) is 0 Å². The van der Waals surface area contributed by atoms with Crippen LogP contribution in [-0.2, 0) is 5.41 Å². The molecule has 1 aromatic carbocycles. The van der Waals surface area contributed by atoms with Gasteiger partial charge in [-0.15, -0.1) is 11.6 Å². The van der Waals surface area contributed by atoms with Crippen LogP contribution in [0.15, 0.2) is 24.3 Å². The average Bonchev–Trinajstić information content (AvgIpc) is 2.03. The molecule has 78 valence electrons.